The van der Waals surface area contributed by atoms with E-state index in [9.17, 15) is 4.79 Å². The monoisotopic (exact) mass is 203 g/mol. The van der Waals surface area contributed by atoms with E-state index in [4.69, 9.17) is 10.5 Å². The number of nitriles is 2. The number of allylic oxidation sites excluding steroid dienone is 3. The number of hydrogen-bond donors (Lipinski definition) is 0. The van der Waals surface area contributed by atoms with Gasteiger partial charge in [-0.3, -0.25) is 0 Å². The van der Waals surface area contributed by atoms with Crippen molar-refractivity contribution in [1.29, 1.82) is 10.5 Å². The molecule has 76 valence electrons. The van der Waals surface area contributed by atoms with Gasteiger partial charge in [-0.25, -0.2) is 4.79 Å². The molecule has 15 heavy (non-hydrogen) atoms. The molecule has 0 N–H and O–H groups in total. The highest BCUT2D eigenvalue weighted by Gasteiger charge is 2.01. The first-order valence-corrected chi connectivity index (χ1v) is 4.10. The minimum atomic E-state index is -0.591. The van der Waals surface area contributed by atoms with Gasteiger partial charge in [-0.2, -0.15) is 10.5 Å². The van der Waals surface area contributed by atoms with Gasteiger partial charge in [0.2, 0.25) is 0 Å². The summed E-state index contributed by atoms with van der Waals surface area (Å²) in [7, 11) is 0. The maximum atomic E-state index is 10.9. The maximum Gasteiger partial charge on any atom is 0.335 e. The van der Waals surface area contributed by atoms with Gasteiger partial charge in [-0.05, 0) is 6.42 Å². The van der Waals surface area contributed by atoms with E-state index in [1.54, 1.807) is 18.2 Å². The minimum Gasteiger partial charge on any atom is -0.316 e. The molecule has 0 rings (SSSR count). The number of carbonyl (C=O) groups excluding carboxylic acids is 1. The Morgan fingerprint density at radius 1 is 1.47 bits per heavy atom. The molecule has 0 unspecified atom stereocenters. The van der Waals surface area contributed by atoms with Crippen molar-refractivity contribution in [2.24, 2.45) is 5.16 Å². The fourth-order valence-corrected chi connectivity index (χ4v) is 0.602. The van der Waals surface area contributed by atoms with Crippen LogP contribution in [-0.4, -0.2) is 11.7 Å². The molecule has 0 saturated carbocycles. The largest absolute Gasteiger partial charge is 0.335 e. The number of rotatable bonds is 5. The lowest BCUT2D eigenvalue weighted by atomic mass is 10.3. The lowest BCUT2D eigenvalue weighted by Gasteiger charge is -1.93. The molecule has 0 aromatic carbocycles. The van der Waals surface area contributed by atoms with Gasteiger partial charge in [0, 0.05) is 0 Å². The van der Waals surface area contributed by atoms with Crippen LogP contribution < -0.4 is 0 Å². The van der Waals surface area contributed by atoms with Crippen LogP contribution >= 0.6 is 0 Å². The molecule has 0 atom stereocenters. The molecule has 0 spiro atoms. The zero-order chi connectivity index (χ0) is 11.5. The predicted molar refractivity (Wildman–Crippen MR) is 53.3 cm³/mol. The van der Waals surface area contributed by atoms with Gasteiger partial charge in [-0.15, -0.1) is 0 Å². The first-order chi connectivity index (χ1) is 7.24. The summed E-state index contributed by atoms with van der Waals surface area (Å²) in [6, 6.07) is 2.94. The SMILES string of the molecule is C=C/C=C/CCC(=O)ON=C(C#N)C#N. The molecule has 0 aliphatic carbocycles. The van der Waals surface area contributed by atoms with E-state index < -0.39 is 11.7 Å². The lowest BCUT2D eigenvalue weighted by molar-refractivity contribution is -0.143. The van der Waals surface area contributed by atoms with Crippen LogP contribution in [0.2, 0.25) is 0 Å². The van der Waals surface area contributed by atoms with E-state index in [2.05, 4.69) is 16.6 Å². The summed E-state index contributed by atoms with van der Waals surface area (Å²) in [6.07, 6.45) is 5.67. The molecule has 0 heterocycles. The summed E-state index contributed by atoms with van der Waals surface area (Å²) in [6.45, 7) is 3.46. The van der Waals surface area contributed by atoms with Crippen molar-refractivity contribution >= 4 is 11.7 Å². The molecule has 0 bridgehead atoms. The second-order valence-electron chi connectivity index (χ2n) is 2.33. The number of hydrogen-bond acceptors (Lipinski definition) is 5. The topological polar surface area (TPSA) is 86.2 Å². The van der Waals surface area contributed by atoms with Crippen molar-refractivity contribution in [2.45, 2.75) is 12.8 Å². The maximum absolute atomic E-state index is 10.9. The second-order valence-corrected chi connectivity index (χ2v) is 2.33. The average molecular weight is 203 g/mol. The number of carbonyl (C=O) groups is 1. The fraction of sp³-hybridized carbons (Fsp3) is 0.200. The van der Waals surface area contributed by atoms with Gasteiger partial charge in [0.05, 0.1) is 6.42 Å². The molecular formula is C10H9N3O2. The third-order valence-corrected chi connectivity index (χ3v) is 1.24. The normalized spacial score (nSPS) is 8.67. The third-order valence-electron chi connectivity index (χ3n) is 1.24. The van der Waals surface area contributed by atoms with Crippen molar-refractivity contribution in [1.82, 2.24) is 0 Å². The van der Waals surface area contributed by atoms with E-state index in [1.807, 2.05) is 0 Å². The van der Waals surface area contributed by atoms with E-state index in [0.29, 0.717) is 6.42 Å². The molecule has 5 heteroatoms. The van der Waals surface area contributed by atoms with E-state index in [-0.39, 0.29) is 6.42 Å². The summed E-state index contributed by atoms with van der Waals surface area (Å²) in [5.74, 6) is -0.591. The van der Waals surface area contributed by atoms with Gasteiger partial charge in [-0.1, -0.05) is 30.0 Å². The molecule has 0 radical (unpaired) electrons. The van der Waals surface area contributed by atoms with Crippen LogP contribution in [0.3, 0.4) is 0 Å². The Labute approximate surface area is 87.6 Å². The van der Waals surface area contributed by atoms with E-state index >= 15 is 0 Å². The third kappa shape index (κ3) is 6.73. The van der Waals surface area contributed by atoms with Crippen LogP contribution in [0, 0.1) is 22.7 Å². The Balaban J connectivity index is 3.92. The lowest BCUT2D eigenvalue weighted by Crippen LogP contribution is -2.01. The van der Waals surface area contributed by atoms with Crippen molar-refractivity contribution in [2.75, 3.05) is 0 Å². The molecule has 0 aliphatic heterocycles. The van der Waals surface area contributed by atoms with Gasteiger partial charge >= 0.3 is 5.97 Å². The second kappa shape index (κ2) is 8.21. The van der Waals surface area contributed by atoms with Crippen LogP contribution in [0.5, 0.6) is 0 Å². The van der Waals surface area contributed by atoms with E-state index in [0.717, 1.165) is 0 Å². The first kappa shape index (κ1) is 12.6. The Morgan fingerprint density at radius 2 is 2.13 bits per heavy atom. The molecule has 0 amide bonds. The van der Waals surface area contributed by atoms with Crippen molar-refractivity contribution in [3.63, 3.8) is 0 Å². The summed E-state index contributed by atoms with van der Waals surface area (Å²) in [5.41, 5.74) is -0.481. The molecule has 0 aliphatic rings. The average Bonchev–Trinajstić information content (AvgIpc) is 2.26. The van der Waals surface area contributed by atoms with Crippen LogP contribution in [-0.2, 0) is 9.63 Å². The Bertz CT molecular complexity index is 353. The molecule has 0 aromatic rings. The van der Waals surface area contributed by atoms with Crippen LogP contribution in [0.25, 0.3) is 0 Å². The molecule has 0 saturated heterocycles. The Kier molecular flexibility index (Phi) is 6.90. The van der Waals surface area contributed by atoms with Crippen LogP contribution in [0.4, 0.5) is 0 Å². The number of oxime groups is 1. The zero-order valence-corrected chi connectivity index (χ0v) is 8.01. The van der Waals surface area contributed by atoms with Gasteiger partial charge in [0.25, 0.3) is 5.71 Å². The summed E-state index contributed by atoms with van der Waals surface area (Å²) in [5, 5.41) is 19.6. The molecule has 5 nitrogen and oxygen atoms in total. The van der Waals surface area contributed by atoms with Gasteiger partial charge in [0.15, 0.2) is 0 Å². The Hall–Kier alpha value is -2.40. The van der Waals surface area contributed by atoms with Crippen molar-refractivity contribution in [3.05, 3.63) is 24.8 Å². The number of nitrogens with zero attached hydrogens (tertiary/aromatic N) is 3. The highest BCUT2D eigenvalue weighted by molar-refractivity contribution is 6.10. The van der Waals surface area contributed by atoms with E-state index in [1.165, 1.54) is 12.1 Å². The quantitative estimate of drug-likeness (QED) is 0.293. The van der Waals surface area contributed by atoms with Crippen molar-refractivity contribution in [3.8, 4) is 12.1 Å². The highest BCUT2D eigenvalue weighted by Crippen LogP contribution is 1.95. The summed E-state index contributed by atoms with van der Waals surface area (Å²) < 4.78 is 0. The molecule has 0 aromatic heterocycles. The first-order valence-electron chi connectivity index (χ1n) is 4.10. The Morgan fingerprint density at radius 3 is 2.67 bits per heavy atom. The smallest absolute Gasteiger partial charge is 0.316 e. The standard InChI is InChI=1S/C10H9N3O2/c1-2-3-4-5-6-10(14)15-13-9(7-11)8-12/h2-4H,1,5-6H2/b4-3+. The highest BCUT2D eigenvalue weighted by atomic mass is 16.7. The fourth-order valence-electron chi connectivity index (χ4n) is 0.602. The minimum absolute atomic E-state index is 0.137. The summed E-state index contributed by atoms with van der Waals surface area (Å²) >= 11 is 0. The zero-order valence-electron chi connectivity index (χ0n) is 8.01. The molecule has 0 fully saturated rings. The van der Waals surface area contributed by atoms with Crippen LogP contribution in [0.15, 0.2) is 30.0 Å². The summed E-state index contributed by atoms with van der Waals surface area (Å²) in [4.78, 5) is 15.2. The van der Waals surface area contributed by atoms with Crippen LogP contribution in [0.1, 0.15) is 12.8 Å². The molecular weight excluding hydrogens is 194 g/mol. The van der Waals surface area contributed by atoms with Gasteiger partial charge < -0.3 is 4.84 Å². The van der Waals surface area contributed by atoms with Gasteiger partial charge in [0.1, 0.15) is 12.1 Å². The predicted octanol–water partition coefficient (Wildman–Crippen LogP) is 1.46. The van der Waals surface area contributed by atoms with Crippen molar-refractivity contribution < 1.29 is 9.63 Å².